The second-order valence-electron chi connectivity index (χ2n) is 5.37. The Morgan fingerprint density at radius 2 is 2.06 bits per heavy atom. The number of likely N-dealkylation sites (tertiary alicyclic amines) is 1. The van der Waals surface area contributed by atoms with E-state index in [1.54, 1.807) is 0 Å². The molecule has 0 aromatic carbocycles. The van der Waals surface area contributed by atoms with Gasteiger partial charge in [0, 0.05) is 31.5 Å². The molecule has 0 aliphatic carbocycles. The summed E-state index contributed by atoms with van der Waals surface area (Å²) in [4.78, 5) is 13.7. The van der Waals surface area contributed by atoms with Gasteiger partial charge in [-0.2, -0.15) is 0 Å². The first kappa shape index (κ1) is 13.0. The van der Waals surface area contributed by atoms with Crippen LogP contribution in [0.15, 0.2) is 0 Å². The first-order chi connectivity index (χ1) is 7.92. The van der Waals surface area contributed by atoms with Crippen LogP contribution in [-0.2, 0) is 14.6 Å². The number of carbonyl (C=O) groups excluding carboxylic acids is 1. The molecule has 0 spiro atoms. The van der Waals surface area contributed by atoms with E-state index in [1.165, 1.54) is 0 Å². The Kier molecular flexibility index (Phi) is 3.59. The summed E-state index contributed by atoms with van der Waals surface area (Å²) in [5.74, 6) is 0.685. The Labute approximate surface area is 103 Å². The smallest absolute Gasteiger partial charge is 0.154 e. The van der Waals surface area contributed by atoms with Crippen molar-refractivity contribution in [3.05, 3.63) is 0 Å². The van der Waals surface area contributed by atoms with Crippen LogP contribution >= 0.6 is 0 Å². The number of rotatable bonds is 2. The summed E-state index contributed by atoms with van der Waals surface area (Å²) in [6.07, 6.45) is 2.15. The zero-order chi connectivity index (χ0) is 12.6. The lowest BCUT2D eigenvalue weighted by Crippen LogP contribution is -2.49. The topological polar surface area (TPSA) is 54.5 Å². The zero-order valence-electron chi connectivity index (χ0n) is 10.6. The molecule has 2 aliphatic rings. The van der Waals surface area contributed by atoms with Crippen LogP contribution in [0.3, 0.4) is 0 Å². The molecular weight excluding hydrogens is 238 g/mol. The molecule has 5 heteroatoms. The Balaban J connectivity index is 2.02. The quantitative estimate of drug-likeness (QED) is 0.738. The van der Waals surface area contributed by atoms with Crippen molar-refractivity contribution < 1.29 is 13.2 Å². The predicted octanol–water partition coefficient (Wildman–Crippen LogP) is 0.863. The lowest BCUT2D eigenvalue weighted by Gasteiger charge is -2.38. The highest BCUT2D eigenvalue weighted by Gasteiger charge is 2.37. The fraction of sp³-hybridized carbons (Fsp3) is 0.917. The number of ketones is 1. The van der Waals surface area contributed by atoms with Crippen LogP contribution in [0.2, 0.25) is 0 Å². The highest BCUT2D eigenvalue weighted by atomic mass is 32.2. The van der Waals surface area contributed by atoms with Gasteiger partial charge in [0.15, 0.2) is 9.84 Å². The molecule has 4 nitrogen and oxygen atoms in total. The third-order valence-corrected chi connectivity index (χ3v) is 6.61. The average Bonchev–Trinajstić information content (AvgIpc) is 2.59. The van der Waals surface area contributed by atoms with Crippen LogP contribution in [0.25, 0.3) is 0 Å². The van der Waals surface area contributed by atoms with Gasteiger partial charge in [-0.3, -0.25) is 9.69 Å². The second-order valence-corrected chi connectivity index (χ2v) is 7.77. The molecule has 0 radical (unpaired) electrons. The van der Waals surface area contributed by atoms with Crippen molar-refractivity contribution in [2.45, 2.75) is 44.4 Å². The Morgan fingerprint density at radius 3 is 2.65 bits per heavy atom. The normalized spacial score (nSPS) is 38.5. The van der Waals surface area contributed by atoms with Crippen molar-refractivity contribution in [1.82, 2.24) is 4.90 Å². The summed E-state index contributed by atoms with van der Waals surface area (Å²) >= 11 is 0. The maximum Gasteiger partial charge on any atom is 0.154 e. The van der Waals surface area contributed by atoms with Gasteiger partial charge in [-0.1, -0.05) is 6.92 Å². The van der Waals surface area contributed by atoms with Crippen LogP contribution in [0.4, 0.5) is 0 Å². The zero-order valence-corrected chi connectivity index (χ0v) is 11.4. The fourth-order valence-electron chi connectivity index (χ4n) is 2.85. The number of sulfone groups is 1. The van der Waals surface area contributed by atoms with Gasteiger partial charge in [-0.05, 0) is 19.8 Å². The van der Waals surface area contributed by atoms with Crippen LogP contribution in [0.5, 0.6) is 0 Å². The number of carbonyl (C=O) groups is 1. The van der Waals surface area contributed by atoms with E-state index in [0.29, 0.717) is 24.5 Å². The summed E-state index contributed by atoms with van der Waals surface area (Å²) in [6.45, 7) is 5.31. The maximum atomic E-state index is 11.8. The van der Waals surface area contributed by atoms with E-state index in [2.05, 4.69) is 4.90 Å². The molecule has 3 unspecified atom stereocenters. The number of Topliss-reactive ketones (excluding diaryl/α,β-unsaturated/α-hetero) is 1. The highest BCUT2D eigenvalue weighted by molar-refractivity contribution is 7.92. The molecule has 2 aliphatic heterocycles. The van der Waals surface area contributed by atoms with Gasteiger partial charge < -0.3 is 0 Å². The average molecular weight is 259 g/mol. The molecular formula is C12H21NO3S. The van der Waals surface area contributed by atoms with E-state index in [1.807, 2.05) is 13.8 Å². The van der Waals surface area contributed by atoms with Gasteiger partial charge >= 0.3 is 0 Å². The molecule has 0 aromatic rings. The van der Waals surface area contributed by atoms with Crippen molar-refractivity contribution >= 4 is 15.6 Å². The molecule has 2 fully saturated rings. The minimum Gasteiger partial charge on any atom is -0.299 e. The third kappa shape index (κ3) is 2.55. The van der Waals surface area contributed by atoms with E-state index in [0.717, 1.165) is 19.4 Å². The van der Waals surface area contributed by atoms with Gasteiger partial charge in [0.2, 0.25) is 0 Å². The van der Waals surface area contributed by atoms with E-state index in [-0.39, 0.29) is 17.2 Å². The predicted molar refractivity (Wildman–Crippen MR) is 66.6 cm³/mol. The minimum atomic E-state index is -2.87. The Hall–Kier alpha value is -0.420. The second kappa shape index (κ2) is 4.69. The lowest BCUT2D eigenvalue weighted by atomic mass is 9.90. The SMILES string of the molecule is CC1C(=O)CCN(CC2CCCS2(=O)=O)C1C. The summed E-state index contributed by atoms with van der Waals surface area (Å²) in [5, 5.41) is -0.203. The van der Waals surface area contributed by atoms with Crippen LogP contribution in [0, 0.1) is 5.92 Å². The molecule has 2 saturated heterocycles. The number of piperidine rings is 1. The summed E-state index contributed by atoms with van der Waals surface area (Å²) in [6, 6.07) is 0.173. The number of hydrogen-bond donors (Lipinski definition) is 0. The Morgan fingerprint density at radius 1 is 1.35 bits per heavy atom. The summed E-state index contributed by atoms with van der Waals surface area (Å²) in [7, 11) is -2.87. The molecule has 0 saturated carbocycles. The van der Waals surface area contributed by atoms with E-state index in [9.17, 15) is 13.2 Å². The molecule has 17 heavy (non-hydrogen) atoms. The third-order valence-electron chi connectivity index (χ3n) is 4.35. The van der Waals surface area contributed by atoms with Crippen LogP contribution in [0.1, 0.15) is 33.1 Å². The Bertz CT molecular complexity index is 404. The number of nitrogens with zero attached hydrogens (tertiary/aromatic N) is 1. The largest absolute Gasteiger partial charge is 0.299 e. The standard InChI is InChI=1S/C12H21NO3S/c1-9-10(2)13(6-5-12(9)14)8-11-4-3-7-17(11,15)16/h9-11H,3-8H2,1-2H3. The van der Waals surface area contributed by atoms with Crippen LogP contribution in [-0.4, -0.2) is 49.2 Å². The van der Waals surface area contributed by atoms with Gasteiger partial charge in [0.25, 0.3) is 0 Å². The van der Waals surface area contributed by atoms with Crippen LogP contribution < -0.4 is 0 Å². The highest BCUT2D eigenvalue weighted by Crippen LogP contribution is 2.25. The maximum absolute atomic E-state index is 11.8. The molecule has 3 atom stereocenters. The monoisotopic (exact) mass is 259 g/mol. The van der Waals surface area contributed by atoms with E-state index in [4.69, 9.17) is 0 Å². The van der Waals surface area contributed by atoms with Gasteiger partial charge in [-0.15, -0.1) is 0 Å². The van der Waals surface area contributed by atoms with Gasteiger partial charge in [0.05, 0.1) is 11.0 Å². The van der Waals surface area contributed by atoms with Gasteiger partial charge in [0.1, 0.15) is 5.78 Å². The van der Waals surface area contributed by atoms with Gasteiger partial charge in [-0.25, -0.2) is 8.42 Å². The first-order valence-corrected chi connectivity index (χ1v) is 8.11. The molecule has 0 amide bonds. The molecule has 0 aromatic heterocycles. The molecule has 0 N–H and O–H groups in total. The molecule has 2 heterocycles. The number of hydrogen-bond acceptors (Lipinski definition) is 4. The van der Waals surface area contributed by atoms with Crippen molar-refractivity contribution in [1.29, 1.82) is 0 Å². The van der Waals surface area contributed by atoms with Crippen molar-refractivity contribution in [3.8, 4) is 0 Å². The molecule has 2 rings (SSSR count). The van der Waals surface area contributed by atoms with E-state index >= 15 is 0 Å². The van der Waals surface area contributed by atoms with Crippen molar-refractivity contribution in [3.63, 3.8) is 0 Å². The van der Waals surface area contributed by atoms with Crippen molar-refractivity contribution in [2.24, 2.45) is 5.92 Å². The minimum absolute atomic E-state index is 0.0351. The van der Waals surface area contributed by atoms with E-state index < -0.39 is 9.84 Å². The fourth-order valence-corrected chi connectivity index (χ4v) is 4.70. The lowest BCUT2D eigenvalue weighted by molar-refractivity contribution is -0.127. The summed E-state index contributed by atoms with van der Waals surface area (Å²) < 4.78 is 23.6. The van der Waals surface area contributed by atoms with Crippen molar-refractivity contribution in [2.75, 3.05) is 18.8 Å². The summed E-state index contributed by atoms with van der Waals surface area (Å²) in [5.41, 5.74) is 0. The first-order valence-electron chi connectivity index (χ1n) is 6.40. The molecule has 0 bridgehead atoms. The molecule has 98 valence electrons.